The lowest BCUT2D eigenvalue weighted by Gasteiger charge is -2.17. The molecule has 1 aromatic heterocycles. The van der Waals surface area contributed by atoms with Crippen molar-refractivity contribution in [3.05, 3.63) is 22.1 Å². The second-order valence-electron chi connectivity index (χ2n) is 5.10. The minimum atomic E-state index is -0.953. The van der Waals surface area contributed by atoms with Crippen LogP contribution in [0.5, 0.6) is 0 Å². The highest BCUT2D eigenvalue weighted by Crippen LogP contribution is 2.09. The number of aryl methyl sites for hydroxylation is 1. The van der Waals surface area contributed by atoms with Gasteiger partial charge < -0.3 is 23.6 Å². The highest BCUT2D eigenvalue weighted by molar-refractivity contribution is 7.98. The molecular formula is C14H22N2O10S. The van der Waals surface area contributed by atoms with Crippen molar-refractivity contribution in [2.75, 3.05) is 25.2 Å². The third kappa shape index (κ3) is 9.44. The van der Waals surface area contributed by atoms with Gasteiger partial charge in [0.15, 0.2) is 18.1 Å². The lowest BCUT2D eigenvalue weighted by atomic mass is 10.2. The lowest BCUT2D eigenvalue weighted by Crippen LogP contribution is -2.42. The van der Waals surface area contributed by atoms with E-state index in [1.807, 2.05) is 6.26 Å². The summed E-state index contributed by atoms with van der Waals surface area (Å²) in [5.74, 6) is -0.748. The zero-order chi connectivity index (χ0) is 20.2. The Kier molecular flexibility index (Phi) is 10.5. The summed E-state index contributed by atoms with van der Waals surface area (Å²) >= 11 is 1.48. The molecular weight excluding hydrogens is 388 g/mol. The number of amides is 1. The predicted octanol–water partition coefficient (Wildman–Crippen LogP) is 0.834. The Balaban J connectivity index is 2.45. The topological polar surface area (TPSA) is 161 Å². The zero-order valence-corrected chi connectivity index (χ0v) is 15.7. The molecule has 1 atom stereocenters. The fourth-order valence-corrected chi connectivity index (χ4v) is 2.25. The van der Waals surface area contributed by atoms with Crippen molar-refractivity contribution in [2.24, 2.45) is 0 Å². The molecule has 1 amide bonds. The maximum absolute atomic E-state index is 12.2. The van der Waals surface area contributed by atoms with Gasteiger partial charge in [0, 0.05) is 6.42 Å². The number of nitrogens with zero attached hydrogens (tertiary/aromatic N) is 1. The molecule has 3 N–H and O–H groups in total. The molecule has 1 unspecified atom stereocenters. The third-order valence-corrected chi connectivity index (χ3v) is 3.74. The van der Waals surface area contributed by atoms with Crippen LogP contribution in [-0.4, -0.2) is 59.1 Å². The SMILES string of the molecule is CSCCC(NC(=O)OCCCON(O)O)C(=O)OCc1oc(=O)oc1C. The largest absolute Gasteiger partial charge is 0.519 e. The summed E-state index contributed by atoms with van der Waals surface area (Å²) in [6.45, 7) is 1.03. The molecule has 0 saturated heterocycles. The van der Waals surface area contributed by atoms with E-state index in [9.17, 15) is 14.4 Å². The molecule has 0 aromatic carbocycles. The van der Waals surface area contributed by atoms with Gasteiger partial charge in [-0.1, -0.05) is 0 Å². The Morgan fingerprint density at radius 3 is 2.59 bits per heavy atom. The smallest absolute Gasteiger partial charge is 0.456 e. The van der Waals surface area contributed by atoms with Gasteiger partial charge >= 0.3 is 17.9 Å². The summed E-state index contributed by atoms with van der Waals surface area (Å²) in [5.41, 5.74) is 0. The van der Waals surface area contributed by atoms with Crippen LogP contribution >= 0.6 is 11.8 Å². The number of esters is 1. The van der Waals surface area contributed by atoms with Crippen LogP contribution in [0, 0.1) is 6.92 Å². The molecule has 1 rings (SSSR count). The van der Waals surface area contributed by atoms with Crippen molar-refractivity contribution in [3.63, 3.8) is 0 Å². The molecule has 1 heterocycles. The van der Waals surface area contributed by atoms with Crippen LogP contribution in [0.3, 0.4) is 0 Å². The fraction of sp³-hybridized carbons (Fsp3) is 0.643. The van der Waals surface area contributed by atoms with E-state index in [2.05, 4.69) is 14.6 Å². The molecule has 1 aromatic rings. The fourth-order valence-electron chi connectivity index (χ4n) is 1.78. The van der Waals surface area contributed by atoms with Crippen molar-refractivity contribution < 1.29 is 43.1 Å². The van der Waals surface area contributed by atoms with E-state index in [1.165, 1.54) is 18.7 Å². The first-order valence-electron chi connectivity index (χ1n) is 7.82. The zero-order valence-electron chi connectivity index (χ0n) is 14.8. The van der Waals surface area contributed by atoms with Gasteiger partial charge in [-0.3, -0.25) is 15.3 Å². The molecule has 0 fully saturated rings. The highest BCUT2D eigenvalue weighted by Gasteiger charge is 2.23. The number of hydrogen-bond acceptors (Lipinski definition) is 12. The van der Waals surface area contributed by atoms with Gasteiger partial charge in [-0.2, -0.15) is 11.8 Å². The summed E-state index contributed by atoms with van der Waals surface area (Å²) in [6, 6.07) is -0.953. The van der Waals surface area contributed by atoms with E-state index in [1.54, 1.807) is 0 Å². The molecule has 0 saturated carbocycles. The van der Waals surface area contributed by atoms with Gasteiger partial charge in [0.1, 0.15) is 6.04 Å². The molecule has 27 heavy (non-hydrogen) atoms. The maximum atomic E-state index is 12.2. The number of carbonyl (C=O) groups excluding carboxylic acids is 2. The van der Waals surface area contributed by atoms with E-state index in [4.69, 9.17) is 24.3 Å². The first-order valence-corrected chi connectivity index (χ1v) is 9.22. The van der Waals surface area contributed by atoms with Gasteiger partial charge in [-0.05, 0) is 25.4 Å². The number of nitrogens with one attached hydrogen (secondary N) is 1. The van der Waals surface area contributed by atoms with E-state index >= 15 is 0 Å². The molecule has 12 nitrogen and oxygen atoms in total. The molecule has 0 aliphatic carbocycles. The Morgan fingerprint density at radius 2 is 2.00 bits per heavy atom. The number of hydrogen-bond donors (Lipinski definition) is 3. The Labute approximate surface area is 158 Å². The highest BCUT2D eigenvalue weighted by atomic mass is 32.2. The van der Waals surface area contributed by atoms with E-state index in [-0.39, 0.29) is 37.8 Å². The van der Waals surface area contributed by atoms with Crippen molar-refractivity contribution in [3.8, 4) is 0 Å². The van der Waals surface area contributed by atoms with Crippen LogP contribution in [0.15, 0.2) is 13.6 Å². The maximum Gasteiger partial charge on any atom is 0.519 e. The number of rotatable bonds is 12. The molecule has 0 aliphatic rings. The Bertz CT molecular complexity index is 644. The summed E-state index contributed by atoms with van der Waals surface area (Å²) in [6.07, 6.45) is 1.50. The van der Waals surface area contributed by atoms with Crippen LogP contribution in [0.25, 0.3) is 0 Å². The van der Waals surface area contributed by atoms with Crippen molar-refractivity contribution in [1.29, 1.82) is 0 Å². The molecule has 0 spiro atoms. The van der Waals surface area contributed by atoms with Gasteiger partial charge in [-0.15, -0.1) is 0 Å². The van der Waals surface area contributed by atoms with E-state index < -0.39 is 29.3 Å². The van der Waals surface area contributed by atoms with Crippen LogP contribution in [0.2, 0.25) is 0 Å². The van der Waals surface area contributed by atoms with Crippen LogP contribution in [-0.2, 0) is 25.7 Å². The molecule has 13 heteroatoms. The summed E-state index contributed by atoms with van der Waals surface area (Å²) in [4.78, 5) is 39.2. The monoisotopic (exact) mass is 410 g/mol. The van der Waals surface area contributed by atoms with Crippen molar-refractivity contribution >= 4 is 23.8 Å². The Morgan fingerprint density at radius 1 is 1.26 bits per heavy atom. The van der Waals surface area contributed by atoms with E-state index in [0.29, 0.717) is 12.2 Å². The molecule has 154 valence electrons. The summed E-state index contributed by atoms with van der Waals surface area (Å²) in [7, 11) is 0. The second kappa shape index (κ2) is 12.3. The number of thioether (sulfide) groups is 1. The standard InChI is InChI=1S/C14H22N2O10S/c1-9-11(26-14(19)25-9)8-23-12(17)10(4-7-27-2)15-13(18)22-5-3-6-24-16(20)21/h10,20-21H,3-8H2,1-2H3,(H,15,18). The molecule has 0 radical (unpaired) electrons. The van der Waals surface area contributed by atoms with Gasteiger partial charge in [-0.25, -0.2) is 14.4 Å². The Hall–Kier alpha value is -2.06. The van der Waals surface area contributed by atoms with Gasteiger partial charge in [0.05, 0.1) is 18.6 Å². The predicted molar refractivity (Wildman–Crippen MR) is 89.0 cm³/mol. The second-order valence-corrected chi connectivity index (χ2v) is 6.08. The molecule has 0 aliphatic heterocycles. The van der Waals surface area contributed by atoms with Crippen LogP contribution < -0.4 is 11.1 Å². The van der Waals surface area contributed by atoms with Gasteiger partial charge in [0.2, 0.25) is 0 Å². The van der Waals surface area contributed by atoms with Crippen LogP contribution in [0.4, 0.5) is 4.79 Å². The molecule has 0 bridgehead atoms. The number of ether oxygens (including phenoxy) is 2. The first-order chi connectivity index (χ1) is 12.8. The lowest BCUT2D eigenvalue weighted by molar-refractivity contribution is -0.492. The minimum Gasteiger partial charge on any atom is -0.456 e. The minimum absolute atomic E-state index is 0.0661. The summed E-state index contributed by atoms with van der Waals surface area (Å²) in [5, 5.41) is 18.6. The van der Waals surface area contributed by atoms with Gasteiger partial charge in [0.25, 0.3) is 0 Å². The number of alkyl carbamates (subject to hydrolysis) is 1. The average Bonchev–Trinajstić information content (AvgIpc) is 2.93. The number of carbonyl (C=O) groups is 2. The summed E-state index contributed by atoms with van der Waals surface area (Å²) < 4.78 is 19.3. The van der Waals surface area contributed by atoms with Crippen molar-refractivity contribution in [2.45, 2.75) is 32.4 Å². The third-order valence-electron chi connectivity index (χ3n) is 3.10. The van der Waals surface area contributed by atoms with E-state index in [0.717, 1.165) is 0 Å². The average molecular weight is 410 g/mol. The first kappa shape index (κ1) is 23.0. The van der Waals surface area contributed by atoms with Crippen LogP contribution in [0.1, 0.15) is 24.4 Å². The quantitative estimate of drug-likeness (QED) is 0.253. The van der Waals surface area contributed by atoms with Crippen molar-refractivity contribution in [1.82, 2.24) is 10.7 Å². The normalized spacial score (nSPS) is 12.0.